The lowest BCUT2D eigenvalue weighted by atomic mass is 10.2. The monoisotopic (exact) mass is 349 g/mol. The average Bonchev–Trinajstić information content (AvgIpc) is 3.40. The van der Waals surface area contributed by atoms with Gasteiger partial charge in [0.1, 0.15) is 29.8 Å². The number of hydrogen-bond donors (Lipinski definition) is 1. The Balaban J connectivity index is 1.35. The molecule has 0 saturated carbocycles. The number of hydrogen-bond acceptors (Lipinski definition) is 4. The van der Waals surface area contributed by atoms with Gasteiger partial charge in [-0.1, -0.05) is 6.07 Å². The van der Waals surface area contributed by atoms with Crippen molar-refractivity contribution in [3.8, 4) is 11.5 Å². The van der Waals surface area contributed by atoms with Gasteiger partial charge >= 0.3 is 0 Å². The maximum Gasteiger partial charge on any atom is 0.137 e. The summed E-state index contributed by atoms with van der Waals surface area (Å²) in [5.41, 5.74) is 2.89. The van der Waals surface area contributed by atoms with Crippen LogP contribution in [0.25, 0.3) is 21.9 Å². The van der Waals surface area contributed by atoms with Gasteiger partial charge in [0.15, 0.2) is 0 Å². The Hall–Kier alpha value is -2.92. The SMILES string of the molecule is c1cc(OCc2coc3cc(O[C@H]4CCOC4)ccc23)c2cc[nH]c2c1. The molecule has 5 heteroatoms. The highest BCUT2D eigenvalue weighted by atomic mass is 16.5. The van der Waals surface area contributed by atoms with Crippen molar-refractivity contribution in [3.63, 3.8) is 0 Å². The fraction of sp³-hybridized carbons (Fsp3) is 0.238. The lowest BCUT2D eigenvalue weighted by Gasteiger charge is -2.11. The summed E-state index contributed by atoms with van der Waals surface area (Å²) in [6, 6.07) is 14.0. The molecule has 0 spiro atoms. The Morgan fingerprint density at radius 1 is 1.12 bits per heavy atom. The van der Waals surface area contributed by atoms with E-state index in [9.17, 15) is 0 Å². The van der Waals surface area contributed by atoms with Gasteiger partial charge in [-0.2, -0.15) is 0 Å². The van der Waals surface area contributed by atoms with Crippen molar-refractivity contribution in [1.82, 2.24) is 4.98 Å². The summed E-state index contributed by atoms with van der Waals surface area (Å²) >= 11 is 0. The van der Waals surface area contributed by atoms with Crippen LogP contribution >= 0.6 is 0 Å². The second kappa shape index (κ2) is 6.42. The summed E-state index contributed by atoms with van der Waals surface area (Å²) in [4.78, 5) is 3.20. The molecule has 2 aromatic carbocycles. The van der Waals surface area contributed by atoms with Gasteiger partial charge in [0.2, 0.25) is 0 Å². The van der Waals surface area contributed by atoms with Crippen molar-refractivity contribution < 1.29 is 18.6 Å². The van der Waals surface area contributed by atoms with Crippen LogP contribution in [-0.2, 0) is 11.3 Å². The van der Waals surface area contributed by atoms with Crippen molar-refractivity contribution in [2.24, 2.45) is 0 Å². The molecule has 1 fully saturated rings. The normalized spacial score (nSPS) is 17.2. The van der Waals surface area contributed by atoms with E-state index in [1.54, 1.807) is 6.26 Å². The molecule has 0 amide bonds. The molecule has 5 nitrogen and oxygen atoms in total. The molecule has 1 atom stereocenters. The number of aromatic amines is 1. The molecule has 132 valence electrons. The standard InChI is InChI=1S/C21H19NO4/c1-2-19-18(6-8-22-19)20(3-1)24-11-14-12-25-21-10-15(4-5-17(14)21)26-16-7-9-23-13-16/h1-6,8,10,12,16,22H,7,9,11,13H2/t16-/m0/s1. The third kappa shape index (κ3) is 2.80. The van der Waals surface area contributed by atoms with Crippen LogP contribution in [0.3, 0.4) is 0 Å². The highest BCUT2D eigenvalue weighted by Gasteiger charge is 2.18. The van der Waals surface area contributed by atoms with Crippen molar-refractivity contribution >= 4 is 21.9 Å². The van der Waals surface area contributed by atoms with E-state index in [0.29, 0.717) is 13.2 Å². The topological polar surface area (TPSA) is 56.6 Å². The highest BCUT2D eigenvalue weighted by Crippen LogP contribution is 2.29. The highest BCUT2D eigenvalue weighted by molar-refractivity contribution is 5.86. The van der Waals surface area contributed by atoms with E-state index in [0.717, 1.165) is 52.0 Å². The molecule has 26 heavy (non-hydrogen) atoms. The second-order valence-corrected chi connectivity index (χ2v) is 6.51. The van der Waals surface area contributed by atoms with Crippen molar-refractivity contribution in [3.05, 3.63) is 60.5 Å². The van der Waals surface area contributed by atoms with Crippen LogP contribution < -0.4 is 9.47 Å². The predicted molar refractivity (Wildman–Crippen MR) is 98.7 cm³/mol. The molecular weight excluding hydrogens is 330 g/mol. The van der Waals surface area contributed by atoms with Crippen LogP contribution in [0.5, 0.6) is 11.5 Å². The zero-order valence-electron chi connectivity index (χ0n) is 14.2. The minimum absolute atomic E-state index is 0.132. The van der Waals surface area contributed by atoms with Gasteiger partial charge in [-0.15, -0.1) is 0 Å². The van der Waals surface area contributed by atoms with Crippen molar-refractivity contribution in [2.45, 2.75) is 19.1 Å². The smallest absolute Gasteiger partial charge is 0.137 e. The average molecular weight is 349 g/mol. The summed E-state index contributed by atoms with van der Waals surface area (Å²) < 4.78 is 23.1. The molecule has 5 rings (SSSR count). The summed E-state index contributed by atoms with van der Waals surface area (Å²) in [5, 5.41) is 2.12. The Morgan fingerprint density at radius 3 is 3.04 bits per heavy atom. The van der Waals surface area contributed by atoms with Crippen LogP contribution in [0, 0.1) is 0 Å². The van der Waals surface area contributed by atoms with E-state index in [1.165, 1.54) is 0 Å². The zero-order chi connectivity index (χ0) is 17.3. The zero-order valence-corrected chi connectivity index (χ0v) is 14.2. The number of ether oxygens (including phenoxy) is 3. The summed E-state index contributed by atoms with van der Waals surface area (Å²) in [5.74, 6) is 1.67. The third-order valence-electron chi connectivity index (χ3n) is 4.76. The van der Waals surface area contributed by atoms with Crippen molar-refractivity contribution in [1.29, 1.82) is 0 Å². The van der Waals surface area contributed by atoms with E-state index in [2.05, 4.69) is 4.98 Å². The minimum Gasteiger partial charge on any atom is -0.488 e. The van der Waals surface area contributed by atoms with Gasteiger partial charge in [-0.05, 0) is 30.3 Å². The molecule has 0 unspecified atom stereocenters. The molecule has 1 aliphatic heterocycles. The number of rotatable bonds is 5. The summed E-state index contributed by atoms with van der Waals surface area (Å²) in [6.07, 6.45) is 4.73. The van der Waals surface area contributed by atoms with Crippen LogP contribution in [0.15, 0.2) is 59.3 Å². The lowest BCUT2D eigenvalue weighted by Crippen LogP contribution is -2.15. The Kier molecular flexibility index (Phi) is 3.79. The van der Waals surface area contributed by atoms with Crippen LogP contribution in [0.4, 0.5) is 0 Å². The number of aromatic nitrogens is 1. The maximum atomic E-state index is 6.04. The van der Waals surface area contributed by atoms with Gasteiger partial charge < -0.3 is 23.6 Å². The van der Waals surface area contributed by atoms with E-state index in [4.69, 9.17) is 18.6 Å². The maximum absolute atomic E-state index is 6.04. The first kappa shape index (κ1) is 15.3. The fourth-order valence-electron chi connectivity index (χ4n) is 3.38. The van der Waals surface area contributed by atoms with Crippen LogP contribution in [0.2, 0.25) is 0 Å². The molecule has 1 saturated heterocycles. The quantitative estimate of drug-likeness (QED) is 0.569. The van der Waals surface area contributed by atoms with Gasteiger partial charge in [0.05, 0.1) is 19.5 Å². The molecular formula is C21H19NO4. The number of fused-ring (bicyclic) bond motifs is 2. The first-order chi connectivity index (χ1) is 12.9. The van der Waals surface area contributed by atoms with E-state index in [1.807, 2.05) is 48.7 Å². The van der Waals surface area contributed by atoms with Gasteiger partial charge in [-0.3, -0.25) is 0 Å². The molecule has 1 N–H and O–H groups in total. The third-order valence-corrected chi connectivity index (χ3v) is 4.76. The summed E-state index contributed by atoms with van der Waals surface area (Å²) in [7, 11) is 0. The molecule has 0 bridgehead atoms. The molecule has 1 aliphatic rings. The van der Waals surface area contributed by atoms with Crippen molar-refractivity contribution in [2.75, 3.05) is 13.2 Å². The van der Waals surface area contributed by atoms with Gasteiger partial charge in [-0.25, -0.2) is 0 Å². The largest absolute Gasteiger partial charge is 0.488 e. The fourth-order valence-corrected chi connectivity index (χ4v) is 3.38. The summed E-state index contributed by atoms with van der Waals surface area (Å²) in [6.45, 7) is 1.87. The Labute approximate surface area is 150 Å². The molecule has 2 aromatic heterocycles. The minimum atomic E-state index is 0.132. The number of furan rings is 1. The predicted octanol–water partition coefficient (Wildman–Crippen LogP) is 4.66. The van der Waals surface area contributed by atoms with E-state index >= 15 is 0 Å². The number of H-pyrrole nitrogens is 1. The van der Waals surface area contributed by atoms with Gasteiger partial charge in [0.25, 0.3) is 0 Å². The first-order valence-electron chi connectivity index (χ1n) is 8.80. The van der Waals surface area contributed by atoms with E-state index < -0.39 is 0 Å². The Morgan fingerprint density at radius 2 is 2.12 bits per heavy atom. The Bertz CT molecular complexity index is 1040. The first-order valence-corrected chi connectivity index (χ1v) is 8.80. The van der Waals surface area contributed by atoms with Gasteiger partial charge in [0, 0.05) is 40.5 Å². The van der Waals surface area contributed by atoms with E-state index in [-0.39, 0.29) is 6.10 Å². The molecule has 0 aliphatic carbocycles. The van der Waals surface area contributed by atoms with Crippen LogP contribution in [0.1, 0.15) is 12.0 Å². The van der Waals surface area contributed by atoms with Crippen LogP contribution in [-0.4, -0.2) is 24.3 Å². The second-order valence-electron chi connectivity index (χ2n) is 6.51. The number of nitrogens with one attached hydrogen (secondary N) is 1. The molecule has 0 radical (unpaired) electrons. The lowest BCUT2D eigenvalue weighted by molar-refractivity contribution is 0.141. The molecule has 4 aromatic rings. The molecule has 3 heterocycles. The number of benzene rings is 2.